The summed E-state index contributed by atoms with van der Waals surface area (Å²) < 4.78 is 33.3. The van der Waals surface area contributed by atoms with E-state index in [-0.39, 0.29) is 12.4 Å². The van der Waals surface area contributed by atoms with Crippen LogP contribution in [0.5, 0.6) is 11.5 Å². The average molecular weight is 218 g/mol. The smallest absolute Gasteiger partial charge is 0.387 e. The van der Waals surface area contributed by atoms with Gasteiger partial charge in [0.2, 0.25) is 0 Å². The third kappa shape index (κ3) is 3.71. The van der Waals surface area contributed by atoms with Crippen molar-refractivity contribution < 1.29 is 23.4 Å². The van der Waals surface area contributed by atoms with Crippen molar-refractivity contribution in [2.45, 2.75) is 20.1 Å². The van der Waals surface area contributed by atoms with Crippen molar-refractivity contribution >= 4 is 0 Å². The van der Waals surface area contributed by atoms with Gasteiger partial charge < -0.3 is 14.6 Å². The maximum Gasteiger partial charge on any atom is 0.387 e. The normalized spacial score (nSPS) is 10.5. The number of ether oxygens (including phenoxy) is 2. The lowest BCUT2D eigenvalue weighted by atomic mass is 10.2. The van der Waals surface area contributed by atoms with Crippen LogP contribution in [0.25, 0.3) is 0 Å². The summed E-state index contributed by atoms with van der Waals surface area (Å²) in [6.45, 7) is -0.934. The highest BCUT2D eigenvalue weighted by Crippen LogP contribution is 2.24. The Hall–Kier alpha value is -1.36. The van der Waals surface area contributed by atoms with Crippen LogP contribution in [0, 0.1) is 0 Å². The van der Waals surface area contributed by atoms with Gasteiger partial charge in [-0.1, -0.05) is 0 Å². The average Bonchev–Trinajstić information content (AvgIpc) is 2.16. The molecule has 0 saturated heterocycles. The number of benzene rings is 1. The Balaban J connectivity index is 2.89. The van der Waals surface area contributed by atoms with Crippen molar-refractivity contribution in [1.82, 2.24) is 0 Å². The van der Waals surface area contributed by atoms with Crippen LogP contribution >= 0.6 is 0 Å². The van der Waals surface area contributed by atoms with E-state index in [0.717, 1.165) is 0 Å². The first kappa shape index (κ1) is 11.7. The molecule has 0 radical (unpaired) electrons. The van der Waals surface area contributed by atoms with E-state index in [1.807, 2.05) is 0 Å². The van der Waals surface area contributed by atoms with Gasteiger partial charge in [-0.3, -0.25) is 0 Å². The molecule has 3 nitrogen and oxygen atoms in total. The summed E-state index contributed by atoms with van der Waals surface area (Å²) in [6, 6.07) is 4.27. The first-order valence-electron chi connectivity index (χ1n) is 4.48. The van der Waals surface area contributed by atoms with E-state index in [0.29, 0.717) is 17.9 Å². The zero-order chi connectivity index (χ0) is 11.3. The monoisotopic (exact) mass is 218 g/mol. The lowest BCUT2D eigenvalue weighted by molar-refractivity contribution is -0.0500. The molecule has 0 unspecified atom stereocenters. The molecule has 0 aliphatic heterocycles. The number of halogens is 2. The number of rotatable bonds is 5. The molecule has 0 bridgehead atoms. The maximum absolute atomic E-state index is 11.9. The zero-order valence-corrected chi connectivity index (χ0v) is 8.24. The molecular weight excluding hydrogens is 206 g/mol. The second kappa shape index (κ2) is 5.50. The van der Waals surface area contributed by atoms with Crippen molar-refractivity contribution in [3.05, 3.63) is 23.8 Å². The SMILES string of the molecule is CCOc1cc(CO)cc(OC(F)F)c1. The molecule has 15 heavy (non-hydrogen) atoms. The third-order valence-electron chi connectivity index (χ3n) is 1.66. The summed E-state index contributed by atoms with van der Waals surface area (Å²) in [5.41, 5.74) is 0.469. The Labute approximate surface area is 86.2 Å². The molecule has 1 aromatic carbocycles. The Bertz CT molecular complexity index is 316. The Morgan fingerprint density at radius 1 is 1.27 bits per heavy atom. The van der Waals surface area contributed by atoms with Crippen molar-refractivity contribution in [3.63, 3.8) is 0 Å². The Kier molecular flexibility index (Phi) is 4.30. The molecule has 0 aromatic heterocycles. The molecule has 0 fully saturated rings. The molecule has 1 aromatic rings. The maximum atomic E-state index is 11.9. The minimum Gasteiger partial charge on any atom is -0.494 e. The van der Waals surface area contributed by atoms with Gasteiger partial charge >= 0.3 is 6.61 Å². The third-order valence-corrected chi connectivity index (χ3v) is 1.66. The predicted molar refractivity (Wildman–Crippen MR) is 50.2 cm³/mol. The van der Waals surface area contributed by atoms with Crippen LogP contribution in [0.1, 0.15) is 12.5 Å². The van der Waals surface area contributed by atoms with Crippen LogP contribution in [0.2, 0.25) is 0 Å². The summed E-state index contributed by atoms with van der Waals surface area (Å²) in [7, 11) is 0. The molecule has 5 heteroatoms. The Morgan fingerprint density at radius 3 is 2.47 bits per heavy atom. The zero-order valence-electron chi connectivity index (χ0n) is 8.24. The quantitative estimate of drug-likeness (QED) is 0.823. The standard InChI is InChI=1S/C10H12F2O3/c1-2-14-8-3-7(6-13)4-9(5-8)15-10(11)12/h3-5,10,13H,2,6H2,1H3. The van der Waals surface area contributed by atoms with Gasteiger partial charge in [0.25, 0.3) is 0 Å². The molecular formula is C10H12F2O3. The highest BCUT2D eigenvalue weighted by Gasteiger charge is 2.07. The van der Waals surface area contributed by atoms with Crippen LogP contribution in [0.15, 0.2) is 18.2 Å². The van der Waals surface area contributed by atoms with E-state index in [9.17, 15) is 8.78 Å². The van der Waals surface area contributed by atoms with E-state index in [2.05, 4.69) is 4.74 Å². The van der Waals surface area contributed by atoms with Crippen molar-refractivity contribution in [3.8, 4) is 11.5 Å². The summed E-state index contributed by atoms with van der Waals surface area (Å²) >= 11 is 0. The number of alkyl halides is 2. The second-order valence-corrected chi connectivity index (χ2v) is 2.78. The van der Waals surface area contributed by atoms with Gasteiger partial charge in [0.05, 0.1) is 13.2 Å². The first-order valence-corrected chi connectivity index (χ1v) is 4.48. The lowest BCUT2D eigenvalue weighted by Crippen LogP contribution is -2.03. The molecule has 84 valence electrons. The number of aliphatic hydroxyl groups excluding tert-OH is 1. The first-order chi connectivity index (χ1) is 7.15. The molecule has 0 aliphatic carbocycles. The van der Waals surface area contributed by atoms with Gasteiger partial charge in [0.1, 0.15) is 11.5 Å². The number of aliphatic hydroxyl groups is 1. The summed E-state index contributed by atoms with van der Waals surface area (Å²) in [5.74, 6) is 0.389. The summed E-state index contributed by atoms with van der Waals surface area (Å²) in [4.78, 5) is 0. The van der Waals surface area contributed by atoms with Crippen molar-refractivity contribution in [1.29, 1.82) is 0 Å². The fraction of sp³-hybridized carbons (Fsp3) is 0.400. The van der Waals surface area contributed by atoms with Crippen LogP contribution < -0.4 is 9.47 Å². The number of hydrogen-bond acceptors (Lipinski definition) is 3. The molecule has 0 atom stereocenters. The molecule has 1 rings (SSSR count). The van der Waals surface area contributed by atoms with E-state index in [1.54, 1.807) is 13.0 Å². The van der Waals surface area contributed by atoms with Crippen LogP contribution in [0.4, 0.5) is 8.78 Å². The lowest BCUT2D eigenvalue weighted by Gasteiger charge is -2.09. The fourth-order valence-electron chi connectivity index (χ4n) is 1.14. The van der Waals surface area contributed by atoms with Crippen LogP contribution in [-0.2, 0) is 6.61 Å². The van der Waals surface area contributed by atoms with E-state index >= 15 is 0 Å². The molecule has 0 amide bonds. The van der Waals surface area contributed by atoms with E-state index in [1.165, 1.54) is 12.1 Å². The Morgan fingerprint density at radius 2 is 1.93 bits per heavy atom. The van der Waals surface area contributed by atoms with Gasteiger partial charge in [-0.05, 0) is 24.6 Å². The minimum atomic E-state index is -2.88. The van der Waals surface area contributed by atoms with Gasteiger partial charge in [-0.2, -0.15) is 8.78 Å². The van der Waals surface area contributed by atoms with Gasteiger partial charge in [-0.15, -0.1) is 0 Å². The minimum absolute atomic E-state index is 0.0139. The molecule has 0 aliphatic rings. The van der Waals surface area contributed by atoms with E-state index < -0.39 is 6.61 Å². The second-order valence-electron chi connectivity index (χ2n) is 2.78. The van der Waals surface area contributed by atoms with Gasteiger partial charge in [0.15, 0.2) is 0 Å². The van der Waals surface area contributed by atoms with Crippen molar-refractivity contribution in [2.24, 2.45) is 0 Å². The topological polar surface area (TPSA) is 38.7 Å². The van der Waals surface area contributed by atoms with Gasteiger partial charge in [-0.25, -0.2) is 0 Å². The molecule has 0 saturated carbocycles. The fourth-order valence-corrected chi connectivity index (χ4v) is 1.14. The highest BCUT2D eigenvalue weighted by molar-refractivity contribution is 5.38. The van der Waals surface area contributed by atoms with Gasteiger partial charge in [0, 0.05) is 6.07 Å². The largest absolute Gasteiger partial charge is 0.494 e. The van der Waals surface area contributed by atoms with E-state index in [4.69, 9.17) is 9.84 Å². The summed E-state index contributed by atoms with van der Waals surface area (Å²) in [6.07, 6.45) is 0. The number of hydrogen-bond donors (Lipinski definition) is 1. The highest BCUT2D eigenvalue weighted by atomic mass is 19.3. The molecule has 1 N–H and O–H groups in total. The predicted octanol–water partition coefficient (Wildman–Crippen LogP) is 2.18. The molecule has 0 spiro atoms. The molecule has 0 heterocycles. The van der Waals surface area contributed by atoms with Crippen molar-refractivity contribution in [2.75, 3.05) is 6.61 Å². The van der Waals surface area contributed by atoms with Crippen LogP contribution in [-0.4, -0.2) is 18.3 Å². The van der Waals surface area contributed by atoms with Crippen LogP contribution in [0.3, 0.4) is 0 Å². The summed E-state index contributed by atoms with van der Waals surface area (Å²) in [5, 5.41) is 8.89.